The second-order valence-electron chi connectivity index (χ2n) is 5.64. The Labute approximate surface area is 136 Å². The van der Waals surface area contributed by atoms with E-state index in [1.807, 2.05) is 47.4 Å². The average Bonchev–Trinajstić information content (AvgIpc) is 2.62. The van der Waals surface area contributed by atoms with Gasteiger partial charge in [0.15, 0.2) is 0 Å². The average molecular weight is 311 g/mol. The van der Waals surface area contributed by atoms with Crippen molar-refractivity contribution < 1.29 is 9.53 Å². The Morgan fingerprint density at radius 3 is 2.65 bits per heavy atom. The number of rotatable bonds is 4. The lowest BCUT2D eigenvalue weighted by atomic mass is 10.1. The summed E-state index contributed by atoms with van der Waals surface area (Å²) in [5.74, 6) is 0.791. The number of hydrogen-bond donors (Lipinski definition) is 1. The summed E-state index contributed by atoms with van der Waals surface area (Å²) >= 11 is 0. The van der Waals surface area contributed by atoms with Crippen LogP contribution in [0.1, 0.15) is 18.4 Å². The van der Waals surface area contributed by atoms with E-state index in [2.05, 4.69) is 10.3 Å². The molecule has 2 heterocycles. The third kappa shape index (κ3) is 4.45. The molecule has 1 aliphatic heterocycles. The predicted octanol–water partition coefficient (Wildman–Crippen LogP) is 2.83. The Morgan fingerprint density at radius 2 is 1.96 bits per heavy atom. The molecule has 0 aliphatic carbocycles. The number of piperidine rings is 1. The smallest absolute Gasteiger partial charge is 0.317 e. The fraction of sp³-hybridized carbons (Fsp3) is 0.333. The molecule has 0 atom stereocenters. The predicted molar refractivity (Wildman–Crippen MR) is 88.1 cm³/mol. The van der Waals surface area contributed by atoms with Gasteiger partial charge in [-0.25, -0.2) is 4.79 Å². The zero-order chi connectivity index (χ0) is 15.9. The molecule has 1 aromatic carbocycles. The minimum Gasteiger partial charge on any atom is -0.489 e. The van der Waals surface area contributed by atoms with Crippen molar-refractivity contribution in [1.29, 1.82) is 0 Å². The van der Waals surface area contributed by atoms with Crippen molar-refractivity contribution in [3.8, 4) is 5.75 Å². The topological polar surface area (TPSA) is 54.5 Å². The molecule has 0 unspecified atom stereocenters. The second-order valence-corrected chi connectivity index (χ2v) is 5.64. The van der Waals surface area contributed by atoms with Gasteiger partial charge in [-0.2, -0.15) is 0 Å². The Morgan fingerprint density at radius 1 is 1.17 bits per heavy atom. The largest absolute Gasteiger partial charge is 0.489 e. The fourth-order valence-corrected chi connectivity index (χ4v) is 2.67. The number of carbonyl (C=O) groups excluding carboxylic acids is 1. The van der Waals surface area contributed by atoms with Gasteiger partial charge in [-0.05, 0) is 17.7 Å². The van der Waals surface area contributed by atoms with E-state index in [0.717, 1.165) is 24.2 Å². The highest BCUT2D eigenvalue weighted by molar-refractivity contribution is 5.74. The Hall–Kier alpha value is -2.56. The first-order chi connectivity index (χ1) is 11.3. The van der Waals surface area contributed by atoms with Crippen LogP contribution in [0.2, 0.25) is 0 Å². The van der Waals surface area contributed by atoms with Crippen molar-refractivity contribution in [3.63, 3.8) is 0 Å². The number of benzene rings is 1. The number of nitrogens with zero attached hydrogens (tertiary/aromatic N) is 2. The molecule has 2 aromatic rings. The molecule has 0 bridgehead atoms. The van der Waals surface area contributed by atoms with Crippen LogP contribution in [0.5, 0.6) is 5.75 Å². The van der Waals surface area contributed by atoms with Gasteiger partial charge in [0.05, 0.1) is 6.20 Å². The maximum Gasteiger partial charge on any atom is 0.317 e. The number of pyridine rings is 1. The number of amides is 2. The molecule has 5 nitrogen and oxygen atoms in total. The summed E-state index contributed by atoms with van der Waals surface area (Å²) in [6.45, 7) is 1.99. The lowest BCUT2D eigenvalue weighted by molar-refractivity contribution is 0.110. The zero-order valence-corrected chi connectivity index (χ0v) is 13.0. The Balaban J connectivity index is 1.42. The number of ether oxygens (including phenoxy) is 1. The monoisotopic (exact) mass is 311 g/mol. The molecule has 1 saturated heterocycles. The summed E-state index contributed by atoms with van der Waals surface area (Å²) in [5.41, 5.74) is 1.11. The fourth-order valence-electron chi connectivity index (χ4n) is 2.67. The van der Waals surface area contributed by atoms with Crippen molar-refractivity contribution >= 4 is 6.03 Å². The van der Waals surface area contributed by atoms with Gasteiger partial charge in [0, 0.05) is 38.7 Å². The van der Waals surface area contributed by atoms with Crippen LogP contribution >= 0.6 is 0 Å². The number of likely N-dealkylation sites (tertiary alicyclic amines) is 1. The van der Waals surface area contributed by atoms with E-state index in [9.17, 15) is 4.79 Å². The van der Waals surface area contributed by atoms with E-state index in [-0.39, 0.29) is 12.1 Å². The highest BCUT2D eigenvalue weighted by Gasteiger charge is 2.23. The van der Waals surface area contributed by atoms with Crippen LogP contribution < -0.4 is 10.1 Å². The number of hydrogen-bond acceptors (Lipinski definition) is 3. The molecule has 1 N–H and O–H groups in total. The number of carbonyl (C=O) groups is 1. The first-order valence-corrected chi connectivity index (χ1v) is 7.94. The standard InChI is InChI=1S/C18H21N3O2/c22-18(20-13-15-5-2-1-3-6-15)21-11-8-16(9-12-21)23-17-7-4-10-19-14-17/h1-7,10,14,16H,8-9,11-13H2,(H,20,22). The van der Waals surface area contributed by atoms with Gasteiger partial charge in [0.2, 0.25) is 0 Å². The molecule has 0 radical (unpaired) electrons. The number of urea groups is 1. The maximum absolute atomic E-state index is 12.2. The maximum atomic E-state index is 12.2. The first-order valence-electron chi connectivity index (χ1n) is 7.94. The normalized spacial score (nSPS) is 15.2. The van der Waals surface area contributed by atoms with Crippen LogP contribution in [0.15, 0.2) is 54.9 Å². The molecule has 1 fully saturated rings. The summed E-state index contributed by atoms with van der Waals surface area (Å²) < 4.78 is 5.89. The van der Waals surface area contributed by atoms with Crippen molar-refractivity contribution in [2.75, 3.05) is 13.1 Å². The molecule has 23 heavy (non-hydrogen) atoms. The third-order valence-electron chi connectivity index (χ3n) is 3.95. The highest BCUT2D eigenvalue weighted by atomic mass is 16.5. The molecule has 0 saturated carbocycles. The molecule has 2 amide bonds. The van der Waals surface area contributed by atoms with Crippen LogP contribution in [0.25, 0.3) is 0 Å². The van der Waals surface area contributed by atoms with Crippen LogP contribution in [-0.4, -0.2) is 35.1 Å². The van der Waals surface area contributed by atoms with Crippen LogP contribution in [-0.2, 0) is 6.54 Å². The van der Waals surface area contributed by atoms with Gasteiger partial charge >= 0.3 is 6.03 Å². The van der Waals surface area contributed by atoms with Crippen LogP contribution in [0, 0.1) is 0 Å². The Kier molecular flexibility index (Phi) is 5.09. The van der Waals surface area contributed by atoms with Crippen molar-refractivity contribution in [1.82, 2.24) is 15.2 Å². The van der Waals surface area contributed by atoms with E-state index in [0.29, 0.717) is 19.6 Å². The summed E-state index contributed by atoms with van der Waals surface area (Å²) in [6.07, 6.45) is 5.28. The van der Waals surface area contributed by atoms with E-state index < -0.39 is 0 Å². The summed E-state index contributed by atoms with van der Waals surface area (Å²) in [4.78, 5) is 18.1. The molecule has 1 aliphatic rings. The van der Waals surface area contributed by atoms with E-state index >= 15 is 0 Å². The minimum absolute atomic E-state index is 0.00585. The second kappa shape index (κ2) is 7.63. The molecule has 120 valence electrons. The third-order valence-corrected chi connectivity index (χ3v) is 3.95. The molecule has 5 heteroatoms. The zero-order valence-electron chi connectivity index (χ0n) is 13.0. The molecule has 1 aromatic heterocycles. The van der Waals surface area contributed by atoms with Gasteiger partial charge < -0.3 is 15.0 Å². The quantitative estimate of drug-likeness (QED) is 0.944. The Bertz CT molecular complexity index is 611. The van der Waals surface area contributed by atoms with Crippen molar-refractivity contribution in [2.24, 2.45) is 0 Å². The molecular formula is C18H21N3O2. The van der Waals surface area contributed by atoms with Gasteiger partial charge in [-0.3, -0.25) is 4.98 Å². The van der Waals surface area contributed by atoms with Gasteiger partial charge in [-0.1, -0.05) is 30.3 Å². The molecular weight excluding hydrogens is 290 g/mol. The summed E-state index contributed by atoms with van der Waals surface area (Å²) in [6, 6.07) is 13.7. The molecule has 3 rings (SSSR count). The summed E-state index contributed by atoms with van der Waals surface area (Å²) in [7, 11) is 0. The van der Waals surface area contributed by atoms with Crippen molar-refractivity contribution in [3.05, 3.63) is 60.4 Å². The lowest BCUT2D eigenvalue weighted by Crippen LogP contribution is -2.46. The molecule has 0 spiro atoms. The van der Waals surface area contributed by atoms with E-state index in [1.165, 1.54) is 0 Å². The lowest BCUT2D eigenvalue weighted by Gasteiger charge is -2.32. The van der Waals surface area contributed by atoms with E-state index in [4.69, 9.17) is 4.74 Å². The highest BCUT2D eigenvalue weighted by Crippen LogP contribution is 2.18. The van der Waals surface area contributed by atoms with Crippen LogP contribution in [0.3, 0.4) is 0 Å². The van der Waals surface area contributed by atoms with Crippen molar-refractivity contribution in [2.45, 2.75) is 25.5 Å². The van der Waals surface area contributed by atoms with Gasteiger partial charge in [0.1, 0.15) is 11.9 Å². The number of nitrogens with one attached hydrogen (secondary N) is 1. The minimum atomic E-state index is -0.00585. The van der Waals surface area contributed by atoms with Gasteiger partial charge in [-0.15, -0.1) is 0 Å². The van der Waals surface area contributed by atoms with E-state index in [1.54, 1.807) is 12.4 Å². The van der Waals surface area contributed by atoms with Gasteiger partial charge in [0.25, 0.3) is 0 Å². The number of aromatic nitrogens is 1. The summed E-state index contributed by atoms with van der Waals surface area (Å²) in [5, 5.41) is 2.97. The van der Waals surface area contributed by atoms with Crippen LogP contribution in [0.4, 0.5) is 4.79 Å². The SMILES string of the molecule is O=C(NCc1ccccc1)N1CCC(Oc2cccnc2)CC1. The first kappa shape index (κ1) is 15.3.